The number of hydrogen-bond donors (Lipinski definition) is 1. The highest BCUT2D eigenvalue weighted by Gasteiger charge is 2.17. The lowest BCUT2D eigenvalue weighted by Gasteiger charge is -2.23. The molecule has 0 aromatic heterocycles. The molecule has 0 amide bonds. The van der Waals surface area contributed by atoms with Crippen molar-refractivity contribution in [1.29, 1.82) is 0 Å². The zero-order valence-corrected chi connectivity index (χ0v) is 15.9. The molecule has 23 heavy (non-hydrogen) atoms. The van der Waals surface area contributed by atoms with Crippen molar-refractivity contribution in [3.05, 3.63) is 25.3 Å². The Bertz CT molecular complexity index is 325. The summed E-state index contributed by atoms with van der Waals surface area (Å²) in [6, 6.07) is 0. The van der Waals surface area contributed by atoms with Gasteiger partial charge in [-0.3, -0.25) is 0 Å². The average molecular weight is 327 g/mol. The molecule has 0 bridgehead atoms. The highest BCUT2D eigenvalue weighted by atomic mass is 16.5. The third-order valence-electron chi connectivity index (χ3n) is 4.60. The van der Waals surface area contributed by atoms with E-state index in [1.165, 1.54) is 19.3 Å². The van der Waals surface area contributed by atoms with Gasteiger partial charge in [-0.05, 0) is 37.5 Å². The van der Waals surface area contributed by atoms with Gasteiger partial charge in [-0.15, -0.1) is 13.2 Å². The summed E-state index contributed by atoms with van der Waals surface area (Å²) in [5.41, 5.74) is 0.122. The van der Waals surface area contributed by atoms with Gasteiger partial charge in [0.25, 0.3) is 0 Å². The molecule has 0 saturated heterocycles. The minimum atomic E-state index is -0.484. The van der Waals surface area contributed by atoms with E-state index in [9.17, 15) is 4.79 Å². The van der Waals surface area contributed by atoms with E-state index in [4.69, 9.17) is 9.84 Å². The first-order valence-electron chi connectivity index (χ1n) is 8.81. The molecule has 3 nitrogen and oxygen atoms in total. The maximum absolute atomic E-state index is 11.5. The molecule has 0 heterocycles. The van der Waals surface area contributed by atoms with Crippen molar-refractivity contribution in [2.24, 2.45) is 17.8 Å². The molecule has 0 aliphatic rings. The van der Waals surface area contributed by atoms with E-state index in [2.05, 4.69) is 47.4 Å². The minimum Gasteiger partial charge on any atom is -0.459 e. The third-order valence-corrected chi connectivity index (χ3v) is 4.60. The van der Waals surface area contributed by atoms with Crippen LogP contribution in [0.4, 0.5) is 0 Å². The molecule has 4 unspecified atom stereocenters. The number of aliphatic hydroxyl groups is 1. The molecule has 0 aromatic carbocycles. The van der Waals surface area contributed by atoms with E-state index in [1.807, 2.05) is 6.92 Å². The van der Waals surface area contributed by atoms with Gasteiger partial charge in [-0.25, -0.2) is 4.79 Å². The molecule has 0 aliphatic carbocycles. The minimum absolute atomic E-state index is 0.120. The molecule has 0 radical (unpaired) electrons. The van der Waals surface area contributed by atoms with Gasteiger partial charge in [0.05, 0.1) is 18.3 Å². The number of carbonyl (C=O) groups is 1. The molecule has 4 atom stereocenters. The van der Waals surface area contributed by atoms with Crippen molar-refractivity contribution in [3.8, 4) is 0 Å². The summed E-state index contributed by atoms with van der Waals surface area (Å²) in [6.07, 6.45) is 5.61. The summed E-state index contributed by atoms with van der Waals surface area (Å²) >= 11 is 0. The van der Waals surface area contributed by atoms with Gasteiger partial charge < -0.3 is 9.84 Å². The number of carbonyl (C=O) groups excluding carboxylic acids is 1. The molecule has 0 saturated carbocycles. The topological polar surface area (TPSA) is 46.5 Å². The van der Waals surface area contributed by atoms with E-state index < -0.39 is 5.97 Å². The van der Waals surface area contributed by atoms with Crippen LogP contribution in [0.25, 0.3) is 0 Å². The van der Waals surface area contributed by atoms with Gasteiger partial charge in [0.1, 0.15) is 0 Å². The van der Waals surface area contributed by atoms with E-state index in [0.717, 1.165) is 18.8 Å². The second-order valence-electron chi connectivity index (χ2n) is 6.60. The van der Waals surface area contributed by atoms with Crippen molar-refractivity contribution in [1.82, 2.24) is 0 Å². The Kier molecular flexibility index (Phi) is 15.2. The fourth-order valence-corrected chi connectivity index (χ4v) is 2.21. The first kappa shape index (κ1) is 24.2. The normalized spacial score (nSPS) is 15.6. The van der Waals surface area contributed by atoms with Gasteiger partial charge in [-0.2, -0.15) is 0 Å². The zero-order valence-electron chi connectivity index (χ0n) is 15.9. The lowest BCUT2D eigenvalue weighted by Crippen LogP contribution is -2.19. The molecule has 1 N–H and O–H groups in total. The number of rotatable bonds is 11. The van der Waals surface area contributed by atoms with Crippen LogP contribution in [-0.4, -0.2) is 23.8 Å². The average Bonchev–Trinajstić information content (AvgIpc) is 2.57. The summed E-state index contributed by atoms with van der Waals surface area (Å²) in [6.45, 7) is 20.2. The maximum atomic E-state index is 11.5. The first-order chi connectivity index (χ1) is 10.8. The second kappa shape index (κ2) is 14.5. The van der Waals surface area contributed by atoms with Crippen LogP contribution >= 0.6 is 0 Å². The second-order valence-corrected chi connectivity index (χ2v) is 6.60. The van der Waals surface area contributed by atoms with Crippen LogP contribution in [0, 0.1) is 17.8 Å². The van der Waals surface area contributed by atoms with Crippen LogP contribution in [-0.2, 0) is 9.53 Å². The summed E-state index contributed by atoms with van der Waals surface area (Å²) in [7, 11) is 0. The first-order valence-corrected chi connectivity index (χ1v) is 8.81. The third kappa shape index (κ3) is 12.1. The molecule has 0 fully saturated rings. The summed E-state index contributed by atoms with van der Waals surface area (Å²) in [5, 5.41) is 8.83. The van der Waals surface area contributed by atoms with Gasteiger partial charge in [0, 0.05) is 0 Å². The summed E-state index contributed by atoms with van der Waals surface area (Å²) in [5.74, 6) is 1.66. The largest absolute Gasteiger partial charge is 0.459 e. The van der Waals surface area contributed by atoms with Gasteiger partial charge in [-0.1, -0.05) is 53.5 Å². The van der Waals surface area contributed by atoms with Crippen LogP contribution in [0.1, 0.15) is 66.7 Å². The Morgan fingerprint density at radius 2 is 1.48 bits per heavy atom. The zero-order chi connectivity index (χ0) is 18.4. The van der Waals surface area contributed by atoms with Crippen LogP contribution in [0.15, 0.2) is 25.3 Å². The number of esters is 1. The quantitative estimate of drug-likeness (QED) is 0.324. The van der Waals surface area contributed by atoms with Crippen LogP contribution in [0.3, 0.4) is 0 Å². The molecule has 0 rings (SSSR count). The van der Waals surface area contributed by atoms with Crippen LogP contribution < -0.4 is 0 Å². The molecule has 136 valence electrons. The molecular formula is C20H38O3. The van der Waals surface area contributed by atoms with E-state index in [0.29, 0.717) is 11.8 Å². The van der Waals surface area contributed by atoms with Crippen molar-refractivity contribution >= 4 is 5.97 Å². The Balaban J connectivity index is 0. The highest BCUT2D eigenvalue weighted by molar-refractivity contribution is 5.88. The molecule has 3 heteroatoms. The molecule has 0 aromatic rings. The predicted octanol–water partition coefficient (Wildman–Crippen LogP) is 5.15. The molecular weight excluding hydrogens is 288 g/mol. The van der Waals surface area contributed by atoms with Crippen molar-refractivity contribution < 1.29 is 14.6 Å². The SMILES string of the molecule is C=C.C=C(CO)C(=O)OC(C)CCC(C)C(C)CCC(C)CC. The van der Waals surface area contributed by atoms with Gasteiger partial charge in [0.15, 0.2) is 0 Å². The van der Waals surface area contributed by atoms with Crippen LogP contribution in [0.5, 0.6) is 0 Å². The van der Waals surface area contributed by atoms with Crippen LogP contribution in [0.2, 0.25) is 0 Å². The Labute approximate surface area is 143 Å². The Morgan fingerprint density at radius 1 is 1.00 bits per heavy atom. The fourth-order valence-electron chi connectivity index (χ4n) is 2.21. The van der Waals surface area contributed by atoms with Gasteiger partial charge >= 0.3 is 5.97 Å². The standard InChI is InChI=1S/C18H34O3.C2H4/c1-7-13(2)8-9-14(3)15(4)10-11-17(6)21-18(20)16(5)12-19;1-2/h13-15,17,19H,5,7-12H2,1-4,6H3;1-2H2. The smallest absolute Gasteiger partial charge is 0.336 e. The number of aliphatic hydroxyl groups excluding tert-OH is 1. The lowest BCUT2D eigenvalue weighted by atomic mass is 9.85. The van der Waals surface area contributed by atoms with Crippen molar-refractivity contribution in [2.45, 2.75) is 72.8 Å². The summed E-state index contributed by atoms with van der Waals surface area (Å²) < 4.78 is 5.25. The van der Waals surface area contributed by atoms with Gasteiger partial charge in [0.2, 0.25) is 0 Å². The fraction of sp³-hybridized carbons (Fsp3) is 0.750. The number of ether oxygens (including phenoxy) is 1. The molecule has 0 spiro atoms. The van der Waals surface area contributed by atoms with E-state index >= 15 is 0 Å². The maximum Gasteiger partial charge on any atom is 0.336 e. The Morgan fingerprint density at radius 3 is 1.91 bits per heavy atom. The van der Waals surface area contributed by atoms with E-state index in [1.54, 1.807) is 0 Å². The Hall–Kier alpha value is -1.09. The summed E-state index contributed by atoms with van der Waals surface area (Å²) in [4.78, 5) is 11.5. The van der Waals surface area contributed by atoms with Crippen molar-refractivity contribution in [2.75, 3.05) is 6.61 Å². The number of hydrogen-bond acceptors (Lipinski definition) is 3. The lowest BCUT2D eigenvalue weighted by molar-refractivity contribution is -0.144. The molecule has 0 aliphatic heterocycles. The monoisotopic (exact) mass is 326 g/mol. The predicted molar refractivity (Wildman–Crippen MR) is 99.3 cm³/mol. The van der Waals surface area contributed by atoms with Crippen molar-refractivity contribution in [3.63, 3.8) is 0 Å². The van der Waals surface area contributed by atoms with E-state index in [-0.39, 0.29) is 18.3 Å². The highest BCUT2D eigenvalue weighted by Crippen LogP contribution is 2.25.